The summed E-state index contributed by atoms with van der Waals surface area (Å²) in [5.41, 5.74) is 1.17. The average Bonchev–Trinajstić information content (AvgIpc) is 2.64. The highest BCUT2D eigenvalue weighted by Gasteiger charge is 2.19. The molecule has 1 aromatic heterocycles. The molecule has 0 atom stereocenters. The Morgan fingerprint density at radius 2 is 1.46 bits per heavy atom. The van der Waals surface area contributed by atoms with Crippen LogP contribution in [0.1, 0.15) is 16.8 Å². The van der Waals surface area contributed by atoms with Crippen molar-refractivity contribution in [3.8, 4) is 0 Å². The number of aryl methyl sites for hydroxylation is 1. The van der Waals surface area contributed by atoms with Crippen molar-refractivity contribution >= 4 is 45.5 Å². The predicted molar refractivity (Wildman–Crippen MR) is 111 cm³/mol. The molecule has 1 heterocycles. The van der Waals surface area contributed by atoms with Gasteiger partial charge >= 0.3 is 10.1 Å². The first kappa shape index (κ1) is 20.2. The van der Waals surface area contributed by atoms with Crippen LogP contribution in [0.25, 0.3) is 12.2 Å². The van der Waals surface area contributed by atoms with Gasteiger partial charge in [-0.3, -0.25) is 9.08 Å². The molecule has 144 valence electrons. The maximum atomic E-state index is 12.6. The van der Waals surface area contributed by atoms with Crippen LogP contribution < -0.4 is 9.84 Å². The maximum Gasteiger partial charge on any atom is 0.357 e. The summed E-state index contributed by atoms with van der Waals surface area (Å²) >= 11 is 11.7. The van der Waals surface area contributed by atoms with Crippen LogP contribution in [0.3, 0.4) is 0 Å². The van der Waals surface area contributed by atoms with Gasteiger partial charge in [0.2, 0.25) is 0 Å². The van der Waals surface area contributed by atoms with Crippen molar-refractivity contribution < 1.29 is 12.7 Å². The Balaban J connectivity index is 2.00. The van der Waals surface area contributed by atoms with E-state index in [1.165, 1.54) is 30.3 Å². The lowest BCUT2D eigenvalue weighted by atomic mass is 10.2. The Bertz CT molecular complexity index is 1180. The van der Waals surface area contributed by atoms with Gasteiger partial charge in [-0.05, 0) is 66.6 Å². The van der Waals surface area contributed by atoms with Gasteiger partial charge in [-0.25, -0.2) is 0 Å². The fraction of sp³-hybridized carbons (Fsp3) is 0.0500. The first-order valence-corrected chi connectivity index (χ1v) is 10.3. The van der Waals surface area contributed by atoms with E-state index in [-0.39, 0.29) is 10.6 Å². The summed E-state index contributed by atoms with van der Waals surface area (Å²) in [7, 11) is -4.22. The van der Waals surface area contributed by atoms with E-state index in [0.717, 1.165) is 10.3 Å². The lowest BCUT2D eigenvalue weighted by molar-refractivity contribution is 0.264. The molecule has 0 unspecified atom stereocenters. The van der Waals surface area contributed by atoms with E-state index in [2.05, 4.69) is 0 Å². The van der Waals surface area contributed by atoms with Gasteiger partial charge in [-0.15, -0.1) is 4.73 Å². The zero-order chi connectivity index (χ0) is 20.3. The molecule has 0 aliphatic rings. The number of hydrogen-bond acceptors (Lipinski definition) is 4. The summed E-state index contributed by atoms with van der Waals surface area (Å²) < 4.78 is 31.0. The number of rotatable bonds is 5. The van der Waals surface area contributed by atoms with Gasteiger partial charge in [0.25, 0.3) is 5.56 Å². The fourth-order valence-corrected chi connectivity index (χ4v) is 3.57. The molecule has 0 radical (unpaired) electrons. The summed E-state index contributed by atoms with van der Waals surface area (Å²) in [6, 6.07) is 15.4. The quantitative estimate of drug-likeness (QED) is 0.593. The maximum absolute atomic E-state index is 12.6. The molecule has 0 spiro atoms. The molecular formula is C20H15Cl2NO4S. The number of nitrogens with zero attached hydrogens (tertiary/aromatic N) is 1. The number of aromatic nitrogens is 1. The SMILES string of the molecule is Cc1cc(/C=C/c2ccc(Cl)cc2)n(OS(=O)(=O)c2ccc(Cl)cc2)c(=O)c1. The highest BCUT2D eigenvalue weighted by atomic mass is 35.5. The summed E-state index contributed by atoms with van der Waals surface area (Å²) in [4.78, 5) is 12.3. The zero-order valence-electron chi connectivity index (χ0n) is 14.7. The van der Waals surface area contributed by atoms with E-state index in [1.54, 1.807) is 49.4 Å². The van der Waals surface area contributed by atoms with Gasteiger partial charge in [0.1, 0.15) is 4.90 Å². The molecule has 0 saturated heterocycles. The third-order valence-electron chi connectivity index (χ3n) is 3.75. The Morgan fingerprint density at radius 3 is 2.07 bits per heavy atom. The number of pyridine rings is 1. The van der Waals surface area contributed by atoms with E-state index in [0.29, 0.717) is 15.6 Å². The van der Waals surface area contributed by atoms with E-state index in [9.17, 15) is 13.2 Å². The number of benzene rings is 2. The van der Waals surface area contributed by atoms with Crippen molar-refractivity contribution in [1.29, 1.82) is 0 Å². The van der Waals surface area contributed by atoms with E-state index in [4.69, 9.17) is 27.5 Å². The molecule has 8 heteroatoms. The zero-order valence-corrected chi connectivity index (χ0v) is 17.0. The van der Waals surface area contributed by atoms with Gasteiger partial charge in [0.05, 0.1) is 5.69 Å². The standard InChI is InChI=1S/C20H15Cl2NO4S/c1-14-12-18(9-4-15-2-5-16(21)6-3-15)23(20(24)13-14)27-28(25,26)19-10-7-17(22)8-11-19/h2-13H,1H3/b9-4+. The van der Waals surface area contributed by atoms with Crippen molar-refractivity contribution in [2.45, 2.75) is 11.8 Å². The summed E-state index contributed by atoms with van der Waals surface area (Å²) in [5, 5.41) is 0.986. The fourth-order valence-electron chi connectivity index (χ4n) is 2.41. The minimum atomic E-state index is -4.22. The monoisotopic (exact) mass is 435 g/mol. The lowest BCUT2D eigenvalue weighted by Gasteiger charge is -2.12. The molecule has 0 fully saturated rings. The molecule has 3 rings (SSSR count). The van der Waals surface area contributed by atoms with Crippen molar-refractivity contribution in [3.05, 3.63) is 97.9 Å². The molecule has 0 aliphatic heterocycles. The largest absolute Gasteiger partial charge is 0.357 e. The molecule has 0 saturated carbocycles. The predicted octanol–water partition coefficient (Wildman–Crippen LogP) is 4.45. The molecule has 0 N–H and O–H groups in total. The topological polar surface area (TPSA) is 65.4 Å². The second-order valence-corrected chi connectivity index (χ2v) is 8.36. The van der Waals surface area contributed by atoms with Crippen molar-refractivity contribution in [2.24, 2.45) is 0 Å². The third-order valence-corrected chi connectivity index (χ3v) is 5.45. The van der Waals surface area contributed by atoms with E-state index >= 15 is 0 Å². The summed E-state index contributed by atoms with van der Waals surface area (Å²) in [6.45, 7) is 1.74. The highest BCUT2D eigenvalue weighted by molar-refractivity contribution is 7.87. The van der Waals surface area contributed by atoms with Crippen LogP contribution in [0, 0.1) is 6.92 Å². The third kappa shape index (κ3) is 4.84. The first-order chi connectivity index (χ1) is 13.2. The second kappa shape index (κ2) is 8.22. The highest BCUT2D eigenvalue weighted by Crippen LogP contribution is 2.16. The van der Waals surface area contributed by atoms with Crippen LogP contribution in [0.15, 0.2) is 70.4 Å². The molecular weight excluding hydrogens is 421 g/mol. The molecule has 0 amide bonds. The van der Waals surface area contributed by atoms with Gasteiger partial charge in [0, 0.05) is 16.1 Å². The van der Waals surface area contributed by atoms with Crippen LogP contribution in [0.5, 0.6) is 0 Å². The summed E-state index contributed by atoms with van der Waals surface area (Å²) in [6.07, 6.45) is 3.31. The van der Waals surface area contributed by atoms with Gasteiger partial charge in [0.15, 0.2) is 0 Å². The van der Waals surface area contributed by atoms with E-state index in [1.807, 2.05) is 0 Å². The minimum Gasteiger partial charge on any atom is -0.280 e. The smallest absolute Gasteiger partial charge is 0.280 e. The van der Waals surface area contributed by atoms with Crippen molar-refractivity contribution in [3.63, 3.8) is 0 Å². The van der Waals surface area contributed by atoms with Crippen molar-refractivity contribution in [1.82, 2.24) is 4.73 Å². The molecule has 0 aliphatic carbocycles. The van der Waals surface area contributed by atoms with Gasteiger partial charge < -0.3 is 0 Å². The van der Waals surface area contributed by atoms with E-state index < -0.39 is 15.7 Å². The minimum absolute atomic E-state index is 0.114. The lowest BCUT2D eigenvalue weighted by Crippen LogP contribution is -2.32. The number of hydrogen-bond donors (Lipinski definition) is 0. The molecule has 0 bridgehead atoms. The van der Waals surface area contributed by atoms with Crippen LogP contribution in [-0.2, 0) is 10.1 Å². The molecule has 2 aromatic carbocycles. The van der Waals surface area contributed by atoms with Gasteiger partial charge in [-0.1, -0.05) is 41.4 Å². The Labute approximate surface area is 172 Å². The Kier molecular flexibility index (Phi) is 5.93. The van der Waals surface area contributed by atoms with Crippen LogP contribution in [0.4, 0.5) is 0 Å². The summed E-state index contributed by atoms with van der Waals surface area (Å²) in [5.74, 6) is 0. The number of halogens is 2. The Hall–Kier alpha value is -2.54. The average molecular weight is 436 g/mol. The van der Waals surface area contributed by atoms with Gasteiger partial charge in [-0.2, -0.15) is 8.42 Å². The molecule has 3 aromatic rings. The normalized spacial score (nSPS) is 11.7. The van der Waals surface area contributed by atoms with Crippen LogP contribution >= 0.6 is 23.2 Å². The Morgan fingerprint density at radius 1 is 0.893 bits per heavy atom. The van der Waals surface area contributed by atoms with Crippen LogP contribution in [0.2, 0.25) is 10.0 Å². The first-order valence-electron chi connectivity index (χ1n) is 8.12. The van der Waals surface area contributed by atoms with Crippen LogP contribution in [-0.4, -0.2) is 13.1 Å². The second-order valence-electron chi connectivity index (χ2n) is 5.96. The van der Waals surface area contributed by atoms with Crippen molar-refractivity contribution in [2.75, 3.05) is 0 Å². The molecule has 28 heavy (non-hydrogen) atoms. The molecule has 5 nitrogen and oxygen atoms in total.